The average Bonchev–Trinajstić information content (AvgIpc) is 2.97. The number of hydrogen-bond donors (Lipinski definition) is 3. The number of esters is 1. The molecule has 0 unspecified atom stereocenters. The van der Waals surface area contributed by atoms with Crippen LogP contribution in [-0.4, -0.2) is 16.2 Å². The fourth-order valence-electron chi connectivity index (χ4n) is 3.86. The second-order valence-corrected chi connectivity index (χ2v) is 6.64. The van der Waals surface area contributed by atoms with Gasteiger partial charge in [0.2, 0.25) is 0 Å². The lowest BCUT2D eigenvalue weighted by Gasteiger charge is -2.36. The molecule has 146 valence electrons. The molecule has 9 heteroatoms. The Morgan fingerprint density at radius 1 is 0.862 bits per heavy atom. The van der Waals surface area contributed by atoms with Crippen LogP contribution in [0.1, 0.15) is 27.0 Å². The second-order valence-electron chi connectivity index (χ2n) is 6.64. The van der Waals surface area contributed by atoms with Crippen LogP contribution in [-0.2, 0) is 10.3 Å². The van der Waals surface area contributed by atoms with Crippen molar-refractivity contribution in [2.75, 3.05) is 5.73 Å². The van der Waals surface area contributed by atoms with Crippen molar-refractivity contribution in [2.45, 2.75) is 5.60 Å². The highest BCUT2D eigenvalue weighted by Gasteiger charge is 2.57. The summed E-state index contributed by atoms with van der Waals surface area (Å²) in [7, 11) is 0. The molecule has 3 aromatic carbocycles. The number of aromatic hydroxyl groups is 2. The van der Waals surface area contributed by atoms with Crippen LogP contribution in [0.5, 0.6) is 23.0 Å². The van der Waals surface area contributed by atoms with Crippen LogP contribution in [0.15, 0.2) is 36.4 Å². The van der Waals surface area contributed by atoms with Gasteiger partial charge in [-0.25, -0.2) is 18.0 Å². The second kappa shape index (κ2) is 5.34. The molecule has 6 nitrogen and oxygen atoms in total. The summed E-state index contributed by atoms with van der Waals surface area (Å²) in [6.07, 6.45) is 0. The monoisotopic (exact) mass is 401 g/mol. The predicted octanol–water partition coefficient (Wildman–Crippen LogP) is 3.67. The van der Waals surface area contributed by atoms with E-state index < -0.39 is 45.8 Å². The Labute approximate surface area is 160 Å². The van der Waals surface area contributed by atoms with E-state index in [0.717, 1.165) is 0 Å². The molecule has 3 aromatic rings. The number of carbonyl (C=O) groups is 1. The maximum Gasteiger partial charge on any atom is 0.343 e. The van der Waals surface area contributed by atoms with Crippen LogP contribution in [0, 0.1) is 17.5 Å². The van der Waals surface area contributed by atoms with Gasteiger partial charge in [-0.1, -0.05) is 0 Å². The van der Waals surface area contributed by atoms with Crippen LogP contribution < -0.4 is 10.5 Å². The lowest BCUT2D eigenvalue weighted by Crippen LogP contribution is -2.34. The number of nitrogens with two attached hydrogens (primary N) is 1. The number of halogens is 3. The number of benzene rings is 3. The van der Waals surface area contributed by atoms with Crippen molar-refractivity contribution in [1.29, 1.82) is 0 Å². The molecule has 0 aromatic heterocycles. The molecule has 0 amide bonds. The molecule has 0 aliphatic carbocycles. The molecule has 5 rings (SSSR count). The van der Waals surface area contributed by atoms with Gasteiger partial charge >= 0.3 is 5.97 Å². The highest BCUT2D eigenvalue weighted by atomic mass is 19.2. The SMILES string of the molecule is Nc1c(F)c(F)c2c(c1F)C1(OC2=O)c2ccc(O)cc2Oc2cc(O)ccc21. The van der Waals surface area contributed by atoms with Gasteiger partial charge < -0.3 is 25.4 Å². The molecule has 2 aliphatic rings. The molecule has 4 N–H and O–H groups in total. The summed E-state index contributed by atoms with van der Waals surface area (Å²) in [5, 5.41) is 19.6. The first kappa shape index (κ1) is 17.2. The van der Waals surface area contributed by atoms with Gasteiger partial charge in [0.05, 0.1) is 5.56 Å². The van der Waals surface area contributed by atoms with E-state index in [1.807, 2.05) is 0 Å². The van der Waals surface area contributed by atoms with Crippen molar-refractivity contribution < 1.29 is 37.7 Å². The lowest BCUT2D eigenvalue weighted by molar-refractivity contribution is 0.0216. The normalized spacial score (nSPS) is 15.3. The summed E-state index contributed by atoms with van der Waals surface area (Å²) in [4.78, 5) is 12.6. The van der Waals surface area contributed by atoms with Crippen LogP contribution in [0.3, 0.4) is 0 Å². The van der Waals surface area contributed by atoms with Crippen LogP contribution in [0.25, 0.3) is 0 Å². The molecule has 0 saturated carbocycles. The first-order valence-electron chi connectivity index (χ1n) is 8.30. The number of nitrogen functional groups attached to an aromatic ring is 1. The number of ether oxygens (including phenoxy) is 2. The fourth-order valence-corrected chi connectivity index (χ4v) is 3.86. The minimum atomic E-state index is -2.07. The Kier molecular flexibility index (Phi) is 3.18. The van der Waals surface area contributed by atoms with E-state index >= 15 is 4.39 Å². The number of hydrogen-bond acceptors (Lipinski definition) is 6. The highest BCUT2D eigenvalue weighted by Crippen LogP contribution is 2.58. The quantitative estimate of drug-likeness (QED) is 0.302. The number of phenols is 2. The first-order valence-corrected chi connectivity index (χ1v) is 8.30. The van der Waals surface area contributed by atoms with Crippen molar-refractivity contribution in [3.05, 3.63) is 76.1 Å². The smallest absolute Gasteiger partial charge is 0.343 e. The zero-order valence-corrected chi connectivity index (χ0v) is 14.3. The molecular formula is C20H10F3NO5. The van der Waals surface area contributed by atoms with Crippen molar-refractivity contribution in [3.8, 4) is 23.0 Å². The van der Waals surface area contributed by atoms with E-state index in [1.165, 1.54) is 36.4 Å². The molecular weight excluding hydrogens is 391 g/mol. The first-order chi connectivity index (χ1) is 13.8. The summed E-state index contributed by atoms with van der Waals surface area (Å²) in [6.45, 7) is 0. The Hall–Kier alpha value is -3.88. The number of phenolic OH excluding ortho intramolecular Hbond substituents is 2. The molecule has 0 bridgehead atoms. The molecule has 2 heterocycles. The van der Waals surface area contributed by atoms with E-state index in [2.05, 4.69) is 0 Å². The zero-order chi connectivity index (χ0) is 20.7. The average molecular weight is 401 g/mol. The molecule has 0 radical (unpaired) electrons. The summed E-state index contributed by atoms with van der Waals surface area (Å²) in [5.74, 6) is -6.47. The van der Waals surface area contributed by atoms with Crippen LogP contribution >= 0.6 is 0 Å². The van der Waals surface area contributed by atoms with Crippen LogP contribution in [0.2, 0.25) is 0 Å². The van der Waals surface area contributed by atoms with E-state index in [0.29, 0.717) is 0 Å². The lowest BCUT2D eigenvalue weighted by atomic mass is 9.77. The third kappa shape index (κ3) is 1.98. The molecule has 0 atom stereocenters. The van der Waals surface area contributed by atoms with Crippen LogP contribution in [0.4, 0.5) is 18.9 Å². The van der Waals surface area contributed by atoms with Gasteiger partial charge in [-0.15, -0.1) is 0 Å². The van der Waals surface area contributed by atoms with Crippen molar-refractivity contribution in [3.63, 3.8) is 0 Å². The standard InChI is InChI=1S/C20H10F3NO5/c21-15-13-14(16(22)18(24)17(15)23)20(29-19(13)27)9-3-1-7(25)5-11(9)28-12-6-8(26)2-4-10(12)20/h1-6,25-26H,24H2. The van der Waals surface area contributed by atoms with Gasteiger partial charge in [0.25, 0.3) is 0 Å². The summed E-state index contributed by atoms with van der Waals surface area (Å²) in [6, 6.07) is 7.44. The van der Waals surface area contributed by atoms with Gasteiger partial charge in [0.1, 0.15) is 34.2 Å². The number of carbonyl (C=O) groups excluding carboxylic acids is 1. The summed E-state index contributed by atoms with van der Waals surface area (Å²) < 4.78 is 55.0. The van der Waals surface area contributed by atoms with Gasteiger partial charge in [-0.2, -0.15) is 0 Å². The van der Waals surface area contributed by atoms with E-state index in [4.69, 9.17) is 15.2 Å². The fraction of sp³-hybridized carbons (Fsp3) is 0.0500. The molecule has 2 aliphatic heterocycles. The zero-order valence-electron chi connectivity index (χ0n) is 14.3. The van der Waals surface area contributed by atoms with E-state index in [-0.39, 0.29) is 34.1 Å². The topological polar surface area (TPSA) is 102 Å². The van der Waals surface area contributed by atoms with Crippen molar-refractivity contribution >= 4 is 11.7 Å². The minimum Gasteiger partial charge on any atom is -0.508 e. The van der Waals surface area contributed by atoms with Crippen molar-refractivity contribution in [1.82, 2.24) is 0 Å². The summed E-state index contributed by atoms with van der Waals surface area (Å²) in [5.41, 5.74) is 0.828. The molecule has 29 heavy (non-hydrogen) atoms. The number of anilines is 1. The maximum absolute atomic E-state index is 15.2. The molecule has 0 saturated heterocycles. The van der Waals surface area contributed by atoms with Gasteiger partial charge in [0.15, 0.2) is 23.1 Å². The van der Waals surface area contributed by atoms with Gasteiger partial charge in [-0.05, 0) is 24.3 Å². The van der Waals surface area contributed by atoms with E-state index in [1.54, 1.807) is 0 Å². The largest absolute Gasteiger partial charge is 0.508 e. The summed E-state index contributed by atoms with van der Waals surface area (Å²) >= 11 is 0. The number of rotatable bonds is 0. The minimum absolute atomic E-state index is 0.0357. The molecule has 0 fully saturated rings. The predicted molar refractivity (Wildman–Crippen MR) is 92.3 cm³/mol. The van der Waals surface area contributed by atoms with Crippen molar-refractivity contribution in [2.24, 2.45) is 0 Å². The highest BCUT2D eigenvalue weighted by molar-refractivity contribution is 5.98. The molecule has 1 spiro atoms. The van der Waals surface area contributed by atoms with Gasteiger partial charge in [0, 0.05) is 23.3 Å². The third-order valence-corrected chi connectivity index (χ3v) is 5.07. The van der Waals surface area contributed by atoms with Gasteiger partial charge in [-0.3, -0.25) is 0 Å². The third-order valence-electron chi connectivity index (χ3n) is 5.07. The van der Waals surface area contributed by atoms with E-state index in [9.17, 15) is 23.8 Å². The Balaban J connectivity index is 1.98. The Bertz CT molecular complexity index is 1210. The number of fused-ring (bicyclic) bond motifs is 6. The maximum atomic E-state index is 15.2. The Morgan fingerprint density at radius 3 is 1.97 bits per heavy atom. The Morgan fingerprint density at radius 2 is 1.41 bits per heavy atom.